The molecular formula is C22H32Cl2CoN6O13+4. The zero-order chi connectivity index (χ0) is 28.3. The monoisotopic (exact) mass is 717 g/mol. The molecule has 0 amide bonds. The van der Waals surface area contributed by atoms with E-state index < -0.39 is 20.5 Å². The van der Waals surface area contributed by atoms with Gasteiger partial charge in [-0.15, -0.1) is 20.5 Å². The van der Waals surface area contributed by atoms with Crippen LogP contribution in [0.4, 0.5) is 0 Å². The molecule has 0 aliphatic heterocycles. The van der Waals surface area contributed by atoms with Crippen LogP contribution in [0.25, 0.3) is 24.3 Å². The SMILES string of the molecule is C(=C\c1ccncn1)/c1cccnc1.C(=C\c1ccncn1)/c1cccnc1.O.[Co+2].[O-][Cl+3]([O-])([O-])[O-].[O-][Cl+3]([O-])([O-])[O-].[OH3+].[OH3+].[OH3+].[OH3+]. The minimum absolute atomic E-state index is 0. The molecule has 14 N–H and O–H groups in total. The fourth-order valence-electron chi connectivity index (χ4n) is 2.11. The standard InChI is InChI=1S/2C11H9N3.2ClHO4.Co.5H2O/c2*1-2-10(8-12-6-1)3-4-11-5-7-13-9-14-11;2*2-1(3,4)5;;;;;;/h2*1-9H;2*(H,2,3,4,5);;5*1H2/q;;;;+2;;;;;/p+2/b2*4-3+;;;;;;;;. The Bertz CT molecular complexity index is 1020. The second-order valence-electron chi connectivity index (χ2n) is 6.26. The molecule has 0 bridgehead atoms. The van der Waals surface area contributed by atoms with Gasteiger partial charge in [0.15, 0.2) is 0 Å². The predicted octanol–water partition coefficient (Wildman–Crippen LogP) is -9.94. The molecule has 1 radical (unpaired) electrons. The van der Waals surface area contributed by atoms with Crippen molar-refractivity contribution in [1.29, 1.82) is 0 Å². The van der Waals surface area contributed by atoms with Crippen LogP contribution in [0.5, 0.6) is 0 Å². The first-order valence-corrected chi connectivity index (χ1v) is 12.3. The van der Waals surface area contributed by atoms with E-state index in [2.05, 4.69) is 29.9 Å². The fraction of sp³-hybridized carbons (Fsp3) is 0. The minimum Gasteiger partial charge on any atom is -0.457 e. The third-order valence-electron chi connectivity index (χ3n) is 3.47. The number of hydrogen-bond donors (Lipinski definition) is 0. The molecule has 0 aliphatic rings. The second kappa shape index (κ2) is 29.6. The van der Waals surface area contributed by atoms with Crippen molar-refractivity contribution < 1.29 is 102 Å². The predicted molar refractivity (Wildman–Crippen MR) is 133 cm³/mol. The van der Waals surface area contributed by atoms with E-state index in [0.29, 0.717) is 0 Å². The first-order valence-electron chi connectivity index (χ1n) is 9.82. The normalized spacial score (nSPS) is 9.45. The summed E-state index contributed by atoms with van der Waals surface area (Å²) >= 11 is 0. The van der Waals surface area contributed by atoms with Gasteiger partial charge >= 0.3 is 16.8 Å². The second-order valence-corrected chi connectivity index (χ2v) is 7.78. The number of aromatic nitrogens is 6. The van der Waals surface area contributed by atoms with E-state index in [4.69, 9.17) is 37.3 Å². The van der Waals surface area contributed by atoms with Crippen molar-refractivity contribution >= 4 is 24.3 Å². The van der Waals surface area contributed by atoms with Crippen molar-refractivity contribution in [2.75, 3.05) is 0 Å². The fourth-order valence-corrected chi connectivity index (χ4v) is 2.11. The van der Waals surface area contributed by atoms with Crippen LogP contribution in [0.2, 0.25) is 0 Å². The maximum Gasteiger partial charge on any atom is 2.00 e. The molecule has 22 heteroatoms. The number of hydrogen-bond acceptors (Lipinski definition) is 14. The van der Waals surface area contributed by atoms with Gasteiger partial charge in [-0.3, -0.25) is 9.97 Å². The van der Waals surface area contributed by atoms with Gasteiger partial charge in [-0.1, -0.05) is 24.3 Å². The molecule has 0 aliphatic carbocycles. The van der Waals surface area contributed by atoms with Crippen LogP contribution in [0.3, 0.4) is 0 Å². The first-order chi connectivity index (χ1) is 17.9. The van der Waals surface area contributed by atoms with E-state index in [1.165, 1.54) is 12.7 Å². The van der Waals surface area contributed by atoms with Crippen molar-refractivity contribution in [2.24, 2.45) is 0 Å². The van der Waals surface area contributed by atoms with E-state index in [-0.39, 0.29) is 44.2 Å². The maximum absolute atomic E-state index is 8.49. The maximum atomic E-state index is 8.49. The number of halogens is 2. The molecule has 0 spiro atoms. The molecule has 44 heavy (non-hydrogen) atoms. The van der Waals surface area contributed by atoms with E-state index in [9.17, 15) is 0 Å². The zero-order valence-electron chi connectivity index (χ0n) is 22.2. The van der Waals surface area contributed by atoms with Crippen LogP contribution in [0.1, 0.15) is 22.5 Å². The van der Waals surface area contributed by atoms with Crippen LogP contribution < -0.4 is 37.3 Å². The quantitative estimate of drug-likeness (QED) is 0.177. The molecule has 247 valence electrons. The Balaban J connectivity index is -0.000000114. The van der Waals surface area contributed by atoms with Gasteiger partial charge in [-0.2, -0.15) is 0 Å². The van der Waals surface area contributed by atoms with Gasteiger partial charge < -0.3 is 27.4 Å². The minimum atomic E-state index is -4.94. The summed E-state index contributed by atoms with van der Waals surface area (Å²) in [5.74, 6) is 0. The number of pyridine rings is 2. The summed E-state index contributed by atoms with van der Waals surface area (Å²) in [6, 6.07) is 11.5. The Morgan fingerprint density at radius 3 is 1.02 bits per heavy atom. The summed E-state index contributed by atoms with van der Waals surface area (Å²) in [7, 11) is -9.89. The van der Waals surface area contributed by atoms with Crippen LogP contribution in [0, 0.1) is 20.5 Å². The molecule has 0 atom stereocenters. The van der Waals surface area contributed by atoms with Gasteiger partial charge in [-0.25, -0.2) is 57.2 Å². The van der Waals surface area contributed by atoms with Crippen molar-refractivity contribution in [2.45, 2.75) is 0 Å². The number of nitrogens with zero attached hydrogens (tertiary/aromatic N) is 6. The van der Waals surface area contributed by atoms with Gasteiger partial charge in [0.05, 0.1) is 11.4 Å². The van der Waals surface area contributed by atoms with E-state index in [1.807, 2.05) is 60.7 Å². The van der Waals surface area contributed by atoms with Gasteiger partial charge in [0.25, 0.3) is 0 Å². The molecule has 4 aromatic heterocycles. The summed E-state index contributed by atoms with van der Waals surface area (Å²) in [6.07, 6.45) is 21.4. The smallest absolute Gasteiger partial charge is 0.457 e. The van der Waals surface area contributed by atoms with Gasteiger partial charge in [0, 0.05) is 37.2 Å². The molecule has 4 heterocycles. The molecule has 0 unspecified atom stereocenters. The van der Waals surface area contributed by atoms with Crippen molar-refractivity contribution in [3.63, 3.8) is 0 Å². The first kappa shape index (κ1) is 53.1. The summed E-state index contributed by atoms with van der Waals surface area (Å²) in [4.78, 5) is 23.9. The van der Waals surface area contributed by atoms with Crippen LogP contribution >= 0.6 is 0 Å². The van der Waals surface area contributed by atoms with Gasteiger partial charge in [-0.05, 0) is 47.5 Å². The Morgan fingerprint density at radius 2 is 0.795 bits per heavy atom. The third kappa shape index (κ3) is 36.5. The van der Waals surface area contributed by atoms with E-state index in [1.54, 1.807) is 37.2 Å². The Kier molecular flexibility index (Phi) is 35.7. The van der Waals surface area contributed by atoms with Crippen LogP contribution in [-0.4, -0.2) is 35.4 Å². The van der Waals surface area contributed by atoms with E-state index >= 15 is 0 Å². The zero-order valence-corrected chi connectivity index (χ0v) is 24.8. The average Bonchev–Trinajstić information content (AvgIpc) is 2.87. The third-order valence-corrected chi connectivity index (χ3v) is 3.47. The van der Waals surface area contributed by atoms with E-state index in [0.717, 1.165) is 22.5 Å². The Labute approximate surface area is 264 Å². The molecular weight excluding hydrogens is 686 g/mol. The number of rotatable bonds is 4. The van der Waals surface area contributed by atoms with Crippen molar-refractivity contribution in [1.82, 2.24) is 29.9 Å². The van der Waals surface area contributed by atoms with Gasteiger partial charge in [0.2, 0.25) is 0 Å². The average molecular weight is 718 g/mol. The summed E-state index contributed by atoms with van der Waals surface area (Å²) in [5, 5.41) is 0. The topological polar surface area (TPSA) is 425 Å². The summed E-state index contributed by atoms with van der Waals surface area (Å²) in [5.41, 5.74) is 3.91. The molecule has 0 saturated carbocycles. The molecule has 0 fully saturated rings. The Hall–Kier alpha value is -3.49. The largest absolute Gasteiger partial charge is 2.00 e. The van der Waals surface area contributed by atoms with Crippen molar-refractivity contribution in [3.8, 4) is 0 Å². The summed E-state index contributed by atoms with van der Waals surface area (Å²) < 4.78 is 67.9. The molecule has 0 aromatic carbocycles. The molecule has 4 rings (SSSR count). The van der Waals surface area contributed by atoms with Gasteiger partial charge in [0.1, 0.15) is 12.7 Å². The van der Waals surface area contributed by atoms with Crippen molar-refractivity contribution in [3.05, 3.63) is 109 Å². The summed E-state index contributed by atoms with van der Waals surface area (Å²) in [6.45, 7) is 0. The molecule has 4 aromatic rings. The Morgan fingerprint density at radius 1 is 0.477 bits per heavy atom. The van der Waals surface area contributed by atoms with Crippen LogP contribution in [-0.2, 0) is 38.7 Å². The molecule has 19 nitrogen and oxygen atoms in total. The van der Waals surface area contributed by atoms with Crippen LogP contribution in [0.15, 0.2) is 86.2 Å². The molecule has 0 saturated heterocycles.